The maximum Gasteiger partial charge on any atom is 0.332 e. The quantitative estimate of drug-likeness (QED) is 0.114. The molecule has 6 fully saturated rings. The summed E-state index contributed by atoms with van der Waals surface area (Å²) in [7, 11) is 0. The fourth-order valence-corrected chi connectivity index (χ4v) is 18.2. The lowest BCUT2D eigenvalue weighted by Gasteiger charge is -2.58. The average Bonchev–Trinajstić information content (AvgIpc) is 3.77. The molecular weight excluding hydrogens is 777 g/mol. The maximum absolute atomic E-state index is 13.1. The summed E-state index contributed by atoms with van der Waals surface area (Å²) in [6.07, 6.45) is 32.6. The zero-order valence-corrected chi connectivity index (χ0v) is 42.2. The molecule has 0 spiro atoms. The molecule has 0 aromatic rings. The lowest BCUT2D eigenvalue weighted by Crippen LogP contribution is -2.51. The number of hydrogen-bond acceptors (Lipinski definition) is 5. The van der Waals surface area contributed by atoms with Crippen LogP contribution < -0.4 is 0 Å². The Morgan fingerprint density at radius 1 is 0.540 bits per heavy atom. The minimum Gasteiger partial charge on any atom is -0.460 e. The van der Waals surface area contributed by atoms with Crippen molar-refractivity contribution in [2.45, 2.75) is 223 Å². The molecule has 63 heavy (non-hydrogen) atoms. The van der Waals surface area contributed by atoms with E-state index in [1.54, 1.807) is 0 Å². The number of allylic oxidation sites excluding steroid dienone is 2. The molecule has 16 atom stereocenters. The second kappa shape index (κ2) is 19.2. The fourth-order valence-electron chi connectivity index (χ4n) is 18.2. The number of carbonyl (C=O) groups excluding carboxylic acids is 2. The largest absolute Gasteiger partial charge is 0.460 e. The minimum atomic E-state index is -0.355. The summed E-state index contributed by atoms with van der Waals surface area (Å²) in [5, 5.41) is 0. The summed E-state index contributed by atoms with van der Waals surface area (Å²) >= 11 is 0. The summed E-state index contributed by atoms with van der Waals surface area (Å²) < 4.78 is 17.8. The first-order valence-corrected chi connectivity index (χ1v) is 27.3. The van der Waals surface area contributed by atoms with Crippen LogP contribution in [0.1, 0.15) is 210 Å². The third-order valence-electron chi connectivity index (χ3n) is 21.6. The molecule has 0 aromatic carbocycles. The number of ether oxygens (including phenoxy) is 3. The molecular formula is C58H94O5. The molecule has 5 nitrogen and oxygen atoms in total. The highest BCUT2D eigenvalue weighted by molar-refractivity contribution is 5.73. The van der Waals surface area contributed by atoms with Gasteiger partial charge in [-0.25, -0.2) is 9.59 Å². The second-order valence-electron chi connectivity index (χ2n) is 25.8. The van der Waals surface area contributed by atoms with Gasteiger partial charge in [-0.1, -0.05) is 131 Å². The third kappa shape index (κ3) is 9.35. The predicted molar refractivity (Wildman–Crippen MR) is 257 cm³/mol. The van der Waals surface area contributed by atoms with E-state index in [4.69, 9.17) is 14.2 Å². The van der Waals surface area contributed by atoms with Gasteiger partial charge in [-0.15, -0.1) is 0 Å². The topological polar surface area (TPSA) is 61.8 Å². The van der Waals surface area contributed by atoms with E-state index in [1.807, 2.05) is 0 Å². The van der Waals surface area contributed by atoms with Crippen molar-refractivity contribution in [2.75, 3.05) is 13.2 Å². The Morgan fingerprint density at radius 3 is 1.35 bits per heavy atom. The van der Waals surface area contributed by atoms with E-state index in [0.29, 0.717) is 10.8 Å². The van der Waals surface area contributed by atoms with Crippen LogP contribution in [0.2, 0.25) is 0 Å². The molecule has 8 aliphatic rings. The summed E-state index contributed by atoms with van der Waals surface area (Å²) in [4.78, 5) is 26.2. The highest BCUT2D eigenvalue weighted by Crippen LogP contribution is 2.69. The van der Waals surface area contributed by atoms with E-state index in [0.717, 1.165) is 110 Å². The van der Waals surface area contributed by atoms with E-state index in [9.17, 15) is 9.59 Å². The van der Waals surface area contributed by atoms with Crippen LogP contribution >= 0.6 is 0 Å². The van der Waals surface area contributed by atoms with Gasteiger partial charge < -0.3 is 14.2 Å². The van der Waals surface area contributed by atoms with E-state index in [-0.39, 0.29) is 48.2 Å². The molecule has 8 rings (SSSR count). The van der Waals surface area contributed by atoms with Crippen molar-refractivity contribution < 1.29 is 23.8 Å². The van der Waals surface area contributed by atoms with Gasteiger partial charge in [0.25, 0.3) is 0 Å². The highest BCUT2D eigenvalue weighted by atomic mass is 16.6. The summed E-state index contributed by atoms with van der Waals surface area (Å²) in [6, 6.07) is 0. The van der Waals surface area contributed by atoms with Crippen LogP contribution in [0.5, 0.6) is 0 Å². The molecule has 8 aliphatic carbocycles. The maximum atomic E-state index is 13.1. The van der Waals surface area contributed by atoms with Crippen LogP contribution in [-0.4, -0.2) is 37.4 Å². The zero-order valence-electron chi connectivity index (χ0n) is 42.2. The van der Waals surface area contributed by atoms with Crippen LogP contribution in [0.4, 0.5) is 0 Å². The fraction of sp³-hybridized carbons (Fsp3) is 0.897. The summed E-state index contributed by atoms with van der Waals surface area (Å²) in [5.74, 6) is 9.16. The van der Waals surface area contributed by atoms with Gasteiger partial charge in [0.05, 0.1) is 0 Å². The summed E-state index contributed by atoms with van der Waals surface area (Å²) in [5.41, 5.74) is 4.52. The Labute approximate surface area is 386 Å². The molecule has 0 heterocycles. The van der Waals surface area contributed by atoms with Crippen LogP contribution in [-0.2, 0) is 23.8 Å². The van der Waals surface area contributed by atoms with Crippen molar-refractivity contribution in [3.63, 3.8) is 0 Å². The SMILES string of the molecule is CC(C)CCC[C@@H](C)[C@@H]1CC[C@@H]2[C@H]3CC=C4C[C@@H](OC(=O)COCC(=O)O[C@H]5CC[C@]6(C)C(=CC[C@@H]7[C@H]6CC[C@]6(C)[C@H]7CC[C@H]6[C@@H](C)CCCC(C)C)C5)CC[C@]4(C)[C@@H]3CC[C@@]21C. The normalized spacial score (nSPS) is 42.7. The van der Waals surface area contributed by atoms with Crippen molar-refractivity contribution in [3.8, 4) is 0 Å². The van der Waals surface area contributed by atoms with Gasteiger partial charge in [0.2, 0.25) is 0 Å². The van der Waals surface area contributed by atoms with E-state index < -0.39 is 0 Å². The van der Waals surface area contributed by atoms with Crippen molar-refractivity contribution in [3.05, 3.63) is 23.3 Å². The Balaban J connectivity index is 0.767. The molecule has 0 unspecified atom stereocenters. The van der Waals surface area contributed by atoms with Crippen molar-refractivity contribution in [2.24, 2.45) is 92.7 Å². The molecule has 0 saturated heterocycles. The van der Waals surface area contributed by atoms with Gasteiger partial charge in [0.1, 0.15) is 25.4 Å². The molecule has 0 radical (unpaired) electrons. The Bertz CT molecular complexity index is 1560. The molecule has 0 bridgehead atoms. The van der Waals surface area contributed by atoms with Crippen LogP contribution in [0.25, 0.3) is 0 Å². The average molecular weight is 871 g/mol. The van der Waals surface area contributed by atoms with Crippen molar-refractivity contribution in [1.29, 1.82) is 0 Å². The summed E-state index contributed by atoms with van der Waals surface area (Å²) in [6.45, 7) is 24.7. The zero-order chi connectivity index (χ0) is 44.9. The first-order chi connectivity index (χ1) is 30.0. The lowest BCUT2D eigenvalue weighted by atomic mass is 9.47. The molecule has 6 saturated carbocycles. The molecule has 356 valence electrons. The number of esters is 2. The van der Waals surface area contributed by atoms with Gasteiger partial charge >= 0.3 is 11.9 Å². The number of hydrogen-bond donors (Lipinski definition) is 0. The monoisotopic (exact) mass is 871 g/mol. The molecule has 0 aliphatic heterocycles. The lowest BCUT2D eigenvalue weighted by molar-refractivity contribution is -0.163. The van der Waals surface area contributed by atoms with Gasteiger partial charge in [-0.05, 0) is 183 Å². The Kier molecular flexibility index (Phi) is 14.6. The van der Waals surface area contributed by atoms with Crippen LogP contribution in [0.15, 0.2) is 23.3 Å². The molecule has 0 amide bonds. The van der Waals surface area contributed by atoms with Gasteiger partial charge in [-0.3, -0.25) is 0 Å². The van der Waals surface area contributed by atoms with Crippen LogP contribution in [0, 0.1) is 92.7 Å². The number of carbonyl (C=O) groups is 2. The van der Waals surface area contributed by atoms with Gasteiger partial charge in [-0.2, -0.15) is 0 Å². The first-order valence-electron chi connectivity index (χ1n) is 27.3. The number of rotatable bonds is 16. The molecule has 0 aromatic heterocycles. The minimum absolute atomic E-state index is 0.101. The number of fused-ring (bicyclic) bond motifs is 10. The van der Waals surface area contributed by atoms with E-state index in [2.05, 4.69) is 81.4 Å². The molecule has 5 heteroatoms. The second-order valence-corrected chi connectivity index (χ2v) is 25.8. The van der Waals surface area contributed by atoms with Crippen LogP contribution in [0.3, 0.4) is 0 Å². The highest BCUT2D eigenvalue weighted by Gasteiger charge is 2.61. The van der Waals surface area contributed by atoms with Crippen molar-refractivity contribution >= 4 is 11.9 Å². The standard InChI is InChI=1S/C58H94O5/c1-37(2)13-11-15-39(5)47-21-23-49-45-19-17-41-33-43(25-29-55(41,7)51(45)27-31-57(47,49)9)62-53(59)35-61-36-54(60)63-44-26-30-56(8)42(34-44)18-20-46-50-24-22-48(40(6)16-12-14-38(3)4)58(50,10)32-28-52(46)56/h17-18,37-40,43-52H,11-16,19-36H2,1-10H3/t39-,40+,43-,44-,45-,46+,47-,48-,49-,50+,51+,52+,55+,56-,57-,58+/m0/s1. The van der Waals surface area contributed by atoms with Crippen molar-refractivity contribution in [1.82, 2.24) is 0 Å². The van der Waals surface area contributed by atoms with E-state index in [1.165, 1.54) is 114 Å². The first kappa shape index (κ1) is 47.9. The Hall–Kier alpha value is -1.62. The predicted octanol–water partition coefficient (Wildman–Crippen LogP) is 14.9. The smallest absolute Gasteiger partial charge is 0.332 e. The molecule has 0 N–H and O–H groups in total. The van der Waals surface area contributed by atoms with Gasteiger partial charge in [0.15, 0.2) is 0 Å². The van der Waals surface area contributed by atoms with Gasteiger partial charge in [0, 0.05) is 12.8 Å². The third-order valence-corrected chi connectivity index (χ3v) is 21.6. The van der Waals surface area contributed by atoms with E-state index >= 15 is 0 Å². The Morgan fingerprint density at radius 2 is 0.952 bits per heavy atom.